The van der Waals surface area contributed by atoms with Crippen molar-refractivity contribution in [1.82, 2.24) is 0 Å². The van der Waals surface area contributed by atoms with Gasteiger partial charge in [0.05, 0.1) is 25.8 Å². The summed E-state index contributed by atoms with van der Waals surface area (Å²) in [5.41, 5.74) is 1.91. The van der Waals surface area contributed by atoms with Gasteiger partial charge >= 0.3 is 5.97 Å². The lowest BCUT2D eigenvalue weighted by Crippen LogP contribution is -2.28. The molecule has 0 radical (unpaired) electrons. The van der Waals surface area contributed by atoms with Gasteiger partial charge in [0.15, 0.2) is 6.61 Å². The number of carbonyl (C=O) groups is 3. The Kier molecular flexibility index (Phi) is 7.02. The highest BCUT2D eigenvalue weighted by Crippen LogP contribution is 2.30. The van der Waals surface area contributed by atoms with Crippen LogP contribution in [-0.2, 0) is 19.1 Å². The van der Waals surface area contributed by atoms with Crippen LogP contribution in [0, 0.1) is 12.8 Å². The fourth-order valence-electron chi connectivity index (χ4n) is 3.22. The van der Waals surface area contributed by atoms with Crippen LogP contribution < -0.4 is 19.7 Å². The van der Waals surface area contributed by atoms with Crippen molar-refractivity contribution in [2.45, 2.75) is 13.3 Å². The van der Waals surface area contributed by atoms with Crippen molar-refractivity contribution in [3.63, 3.8) is 0 Å². The lowest BCUT2D eigenvalue weighted by atomic mass is 10.1. The molecule has 0 aliphatic carbocycles. The number of benzene rings is 2. The molecule has 1 aliphatic heterocycles. The van der Waals surface area contributed by atoms with Gasteiger partial charge in [-0.2, -0.15) is 0 Å². The standard InChI is InChI=1S/C22H23ClN2O6/c1-13-4-5-15(9-17(13)23)25-11-14(8-21(25)27)22(28)31-12-20(26)24-18-10-16(29-2)6-7-19(18)30-3/h4-7,9-10,14H,8,11-12H2,1-3H3,(H,24,26)/t14-/m1/s1. The highest BCUT2D eigenvalue weighted by Gasteiger charge is 2.36. The fourth-order valence-corrected chi connectivity index (χ4v) is 3.39. The Bertz CT molecular complexity index is 1010. The number of nitrogens with one attached hydrogen (secondary N) is 1. The molecule has 1 saturated heterocycles. The first-order valence-electron chi connectivity index (χ1n) is 9.57. The first-order chi connectivity index (χ1) is 14.8. The number of carbonyl (C=O) groups excluding carboxylic acids is 3. The molecule has 164 valence electrons. The van der Waals surface area contributed by atoms with Gasteiger partial charge in [-0.15, -0.1) is 0 Å². The molecule has 1 fully saturated rings. The van der Waals surface area contributed by atoms with Crippen molar-refractivity contribution in [3.05, 3.63) is 47.0 Å². The number of hydrogen-bond donors (Lipinski definition) is 1. The fraction of sp³-hybridized carbons (Fsp3) is 0.318. The third-order valence-corrected chi connectivity index (χ3v) is 5.36. The summed E-state index contributed by atoms with van der Waals surface area (Å²) in [7, 11) is 2.98. The highest BCUT2D eigenvalue weighted by atomic mass is 35.5. The number of rotatable bonds is 7. The lowest BCUT2D eigenvalue weighted by molar-refractivity contribution is -0.151. The molecule has 1 heterocycles. The van der Waals surface area contributed by atoms with Crippen LogP contribution in [-0.4, -0.2) is 45.2 Å². The van der Waals surface area contributed by atoms with Crippen molar-refractivity contribution in [3.8, 4) is 11.5 Å². The first kappa shape index (κ1) is 22.4. The average molecular weight is 447 g/mol. The molecule has 1 N–H and O–H groups in total. The van der Waals surface area contributed by atoms with E-state index in [9.17, 15) is 14.4 Å². The lowest BCUT2D eigenvalue weighted by Gasteiger charge is -2.17. The van der Waals surface area contributed by atoms with E-state index >= 15 is 0 Å². The number of anilines is 2. The first-order valence-corrected chi connectivity index (χ1v) is 9.95. The van der Waals surface area contributed by atoms with Crippen LogP contribution in [0.3, 0.4) is 0 Å². The number of amides is 2. The third-order valence-electron chi connectivity index (χ3n) is 4.95. The van der Waals surface area contributed by atoms with Crippen LogP contribution in [0.1, 0.15) is 12.0 Å². The summed E-state index contributed by atoms with van der Waals surface area (Å²) in [6.07, 6.45) is 0.00958. The highest BCUT2D eigenvalue weighted by molar-refractivity contribution is 6.31. The number of methoxy groups -OCH3 is 2. The Balaban J connectivity index is 1.57. The molecule has 31 heavy (non-hydrogen) atoms. The molecule has 9 heteroatoms. The van der Waals surface area contributed by atoms with Gasteiger partial charge in [-0.05, 0) is 36.8 Å². The zero-order valence-corrected chi connectivity index (χ0v) is 18.2. The molecule has 0 bridgehead atoms. The van der Waals surface area contributed by atoms with Gasteiger partial charge in [-0.25, -0.2) is 0 Å². The maximum absolute atomic E-state index is 12.4. The molecular weight excluding hydrogens is 424 g/mol. The molecule has 2 aromatic rings. The summed E-state index contributed by atoms with van der Waals surface area (Å²) < 4.78 is 15.5. The molecule has 0 saturated carbocycles. The Morgan fingerprint density at radius 3 is 2.61 bits per heavy atom. The number of aryl methyl sites for hydroxylation is 1. The summed E-state index contributed by atoms with van der Waals surface area (Å²) >= 11 is 6.14. The Hall–Kier alpha value is -3.26. The minimum Gasteiger partial charge on any atom is -0.497 e. The van der Waals surface area contributed by atoms with E-state index < -0.39 is 24.4 Å². The zero-order chi connectivity index (χ0) is 22.5. The maximum Gasteiger partial charge on any atom is 0.311 e. The SMILES string of the molecule is COc1ccc(OC)c(NC(=O)COC(=O)[C@@H]2CC(=O)N(c3ccc(C)c(Cl)c3)C2)c1. The summed E-state index contributed by atoms with van der Waals surface area (Å²) in [5, 5.41) is 3.17. The quantitative estimate of drug-likeness (QED) is 0.656. The molecule has 1 atom stereocenters. The summed E-state index contributed by atoms with van der Waals surface area (Å²) in [6, 6.07) is 10.2. The molecule has 8 nitrogen and oxygen atoms in total. The van der Waals surface area contributed by atoms with E-state index in [0.29, 0.717) is 27.9 Å². The zero-order valence-electron chi connectivity index (χ0n) is 17.4. The monoisotopic (exact) mass is 446 g/mol. The van der Waals surface area contributed by atoms with Gasteiger partial charge in [0, 0.05) is 29.7 Å². The predicted octanol–water partition coefficient (Wildman–Crippen LogP) is 3.20. The van der Waals surface area contributed by atoms with Gasteiger partial charge < -0.3 is 24.4 Å². The smallest absolute Gasteiger partial charge is 0.311 e. The molecule has 3 rings (SSSR count). The van der Waals surface area contributed by atoms with Crippen LogP contribution in [0.25, 0.3) is 0 Å². The summed E-state index contributed by atoms with van der Waals surface area (Å²) in [6.45, 7) is 1.55. The second kappa shape index (κ2) is 9.70. The van der Waals surface area contributed by atoms with Crippen LogP contribution in [0.4, 0.5) is 11.4 Å². The minimum absolute atomic E-state index is 0.00958. The average Bonchev–Trinajstić information content (AvgIpc) is 3.15. The second-order valence-corrected chi connectivity index (χ2v) is 7.47. The van der Waals surface area contributed by atoms with Crippen LogP contribution in [0.15, 0.2) is 36.4 Å². The summed E-state index contributed by atoms with van der Waals surface area (Å²) in [4.78, 5) is 38.5. The largest absolute Gasteiger partial charge is 0.497 e. The number of hydrogen-bond acceptors (Lipinski definition) is 6. The van der Waals surface area contributed by atoms with E-state index in [-0.39, 0.29) is 18.9 Å². The van der Waals surface area contributed by atoms with Crippen molar-refractivity contribution in [2.75, 3.05) is 37.6 Å². The van der Waals surface area contributed by atoms with E-state index in [0.717, 1.165) is 5.56 Å². The van der Waals surface area contributed by atoms with E-state index in [4.69, 9.17) is 25.8 Å². The molecule has 0 aromatic heterocycles. The Morgan fingerprint density at radius 1 is 1.16 bits per heavy atom. The van der Waals surface area contributed by atoms with Gasteiger partial charge in [-0.3, -0.25) is 14.4 Å². The molecular formula is C22H23ClN2O6. The molecule has 0 unspecified atom stereocenters. The third kappa shape index (κ3) is 5.27. The number of esters is 1. The Morgan fingerprint density at radius 2 is 1.94 bits per heavy atom. The normalized spacial score (nSPS) is 15.5. The van der Waals surface area contributed by atoms with Crippen molar-refractivity contribution in [2.24, 2.45) is 5.92 Å². The second-order valence-electron chi connectivity index (χ2n) is 7.06. The van der Waals surface area contributed by atoms with Gasteiger partial charge in [-0.1, -0.05) is 17.7 Å². The topological polar surface area (TPSA) is 94.2 Å². The predicted molar refractivity (Wildman–Crippen MR) is 116 cm³/mol. The molecule has 0 spiro atoms. The summed E-state index contributed by atoms with van der Waals surface area (Å²) in [5.74, 6) is -1.03. The number of nitrogens with zero attached hydrogens (tertiary/aromatic N) is 1. The van der Waals surface area contributed by atoms with Crippen LogP contribution in [0.5, 0.6) is 11.5 Å². The van der Waals surface area contributed by atoms with Gasteiger partial charge in [0.2, 0.25) is 5.91 Å². The van der Waals surface area contributed by atoms with Crippen molar-refractivity contribution < 1.29 is 28.6 Å². The Labute approximate surface area is 185 Å². The van der Waals surface area contributed by atoms with Gasteiger partial charge in [0.25, 0.3) is 5.91 Å². The van der Waals surface area contributed by atoms with Crippen molar-refractivity contribution in [1.29, 1.82) is 0 Å². The van der Waals surface area contributed by atoms with E-state index in [2.05, 4.69) is 5.32 Å². The molecule has 1 aliphatic rings. The van der Waals surface area contributed by atoms with E-state index in [1.54, 1.807) is 30.3 Å². The van der Waals surface area contributed by atoms with Gasteiger partial charge in [0.1, 0.15) is 11.5 Å². The van der Waals surface area contributed by atoms with Crippen LogP contribution >= 0.6 is 11.6 Å². The van der Waals surface area contributed by atoms with Crippen LogP contribution in [0.2, 0.25) is 5.02 Å². The number of ether oxygens (including phenoxy) is 3. The van der Waals surface area contributed by atoms with E-state index in [1.807, 2.05) is 13.0 Å². The number of halogens is 1. The van der Waals surface area contributed by atoms with Crippen molar-refractivity contribution >= 4 is 40.8 Å². The maximum atomic E-state index is 12.4. The molecule has 2 amide bonds. The van der Waals surface area contributed by atoms with E-state index in [1.165, 1.54) is 19.1 Å². The minimum atomic E-state index is -0.660. The molecule has 2 aromatic carbocycles.